The third kappa shape index (κ3) is 2.26. The highest BCUT2D eigenvalue weighted by atomic mass is 16.1. The van der Waals surface area contributed by atoms with Gasteiger partial charge in [0.05, 0.1) is 6.54 Å². The Labute approximate surface area is 74.8 Å². The second-order valence-corrected chi connectivity index (χ2v) is 2.46. The van der Waals surface area contributed by atoms with Gasteiger partial charge in [-0.05, 0) is 6.08 Å². The summed E-state index contributed by atoms with van der Waals surface area (Å²) < 4.78 is 0. The Morgan fingerprint density at radius 2 is 2.00 bits per heavy atom. The van der Waals surface area contributed by atoms with Crippen molar-refractivity contribution < 1.29 is 9.59 Å². The highest BCUT2D eigenvalue weighted by molar-refractivity contribution is 6.43. The van der Waals surface area contributed by atoms with Crippen molar-refractivity contribution in [2.24, 2.45) is 16.5 Å². The second-order valence-electron chi connectivity index (χ2n) is 2.46. The van der Waals surface area contributed by atoms with Gasteiger partial charge in [0.25, 0.3) is 5.91 Å². The number of amides is 2. The number of carbonyl (C=O) groups excluding carboxylic acids is 2. The van der Waals surface area contributed by atoms with E-state index in [9.17, 15) is 9.59 Å². The summed E-state index contributed by atoms with van der Waals surface area (Å²) in [7, 11) is 0. The van der Waals surface area contributed by atoms with Gasteiger partial charge in [0.2, 0.25) is 5.91 Å². The molecule has 0 spiro atoms. The van der Waals surface area contributed by atoms with Crippen molar-refractivity contribution in [3.63, 3.8) is 0 Å². The van der Waals surface area contributed by atoms with Crippen molar-refractivity contribution in [3.05, 3.63) is 23.8 Å². The van der Waals surface area contributed by atoms with E-state index in [1.54, 1.807) is 6.08 Å². The van der Waals surface area contributed by atoms with E-state index in [1.165, 1.54) is 12.2 Å². The number of hydrogen-bond donors (Lipinski definition) is 2. The maximum atomic E-state index is 10.8. The van der Waals surface area contributed by atoms with Gasteiger partial charge in [-0.15, -0.1) is 0 Å². The maximum absolute atomic E-state index is 10.8. The van der Waals surface area contributed by atoms with Gasteiger partial charge in [0, 0.05) is 5.57 Å². The maximum Gasteiger partial charge on any atom is 0.266 e. The first-order chi connectivity index (χ1) is 6.11. The predicted octanol–water partition coefficient (Wildman–Crippen LogP) is -1.11. The number of carbonyl (C=O) groups is 2. The molecule has 4 N–H and O–H groups in total. The Bertz CT molecular complexity index is 339. The summed E-state index contributed by atoms with van der Waals surface area (Å²) in [6.45, 7) is 0.325. The van der Waals surface area contributed by atoms with Gasteiger partial charge in [-0.2, -0.15) is 0 Å². The zero-order valence-corrected chi connectivity index (χ0v) is 6.86. The number of rotatable bonds is 2. The first kappa shape index (κ1) is 9.18. The lowest BCUT2D eigenvalue weighted by atomic mass is 10.2. The van der Waals surface area contributed by atoms with Crippen LogP contribution in [-0.2, 0) is 9.59 Å². The first-order valence-electron chi connectivity index (χ1n) is 3.63. The molecule has 0 saturated carbocycles. The third-order valence-electron chi connectivity index (χ3n) is 1.49. The Hall–Kier alpha value is -1.91. The molecule has 68 valence electrons. The van der Waals surface area contributed by atoms with Crippen LogP contribution in [0.2, 0.25) is 0 Å². The van der Waals surface area contributed by atoms with Crippen molar-refractivity contribution in [2.45, 2.75) is 0 Å². The summed E-state index contributed by atoms with van der Waals surface area (Å²) in [6.07, 6.45) is 4.43. The normalized spacial score (nSPS) is 15.7. The highest BCUT2D eigenvalue weighted by Gasteiger charge is 2.09. The molecule has 5 nitrogen and oxygen atoms in total. The van der Waals surface area contributed by atoms with Gasteiger partial charge in [0.15, 0.2) is 0 Å². The standard InChI is InChI=1S/C8H9N3O2/c9-7(12)5-2-1-3-11-6(4-5)8(10)13/h1-2,4H,3H2,(H2,9,12)(H2,10,13). The number of nitrogens with two attached hydrogens (primary N) is 2. The van der Waals surface area contributed by atoms with E-state index in [0.29, 0.717) is 6.54 Å². The van der Waals surface area contributed by atoms with Gasteiger partial charge in [-0.1, -0.05) is 12.2 Å². The van der Waals surface area contributed by atoms with Gasteiger partial charge in [-0.25, -0.2) is 0 Å². The molecule has 1 aliphatic heterocycles. The van der Waals surface area contributed by atoms with Gasteiger partial charge >= 0.3 is 0 Å². The Morgan fingerprint density at radius 3 is 2.54 bits per heavy atom. The van der Waals surface area contributed by atoms with Crippen molar-refractivity contribution in [1.82, 2.24) is 0 Å². The highest BCUT2D eigenvalue weighted by Crippen LogP contribution is 2.01. The zero-order chi connectivity index (χ0) is 9.84. The predicted molar refractivity (Wildman–Crippen MR) is 47.9 cm³/mol. The van der Waals surface area contributed by atoms with Crippen molar-refractivity contribution >= 4 is 17.5 Å². The molecule has 0 atom stereocenters. The number of nitrogens with zero attached hydrogens (tertiary/aromatic N) is 1. The third-order valence-corrected chi connectivity index (χ3v) is 1.49. The molecule has 0 saturated heterocycles. The lowest BCUT2D eigenvalue weighted by Gasteiger charge is -1.94. The fourth-order valence-corrected chi connectivity index (χ4v) is 0.874. The van der Waals surface area contributed by atoms with Crippen LogP contribution in [0.1, 0.15) is 0 Å². The summed E-state index contributed by atoms with van der Waals surface area (Å²) in [6, 6.07) is 0. The van der Waals surface area contributed by atoms with E-state index in [0.717, 1.165) is 0 Å². The molecule has 0 aromatic rings. The molecule has 1 heterocycles. The Balaban J connectivity index is 3.03. The average molecular weight is 179 g/mol. The number of aliphatic imine (C=N–C) groups is 1. The lowest BCUT2D eigenvalue weighted by Crippen LogP contribution is -2.23. The monoisotopic (exact) mass is 179 g/mol. The largest absolute Gasteiger partial charge is 0.366 e. The van der Waals surface area contributed by atoms with E-state index in [-0.39, 0.29) is 11.3 Å². The lowest BCUT2D eigenvalue weighted by molar-refractivity contribution is -0.114. The zero-order valence-electron chi connectivity index (χ0n) is 6.86. The van der Waals surface area contributed by atoms with Crippen molar-refractivity contribution in [2.75, 3.05) is 6.54 Å². The summed E-state index contributed by atoms with van der Waals surface area (Å²) in [4.78, 5) is 25.3. The van der Waals surface area contributed by atoms with Crippen molar-refractivity contribution in [3.8, 4) is 0 Å². The molecule has 0 aromatic heterocycles. The van der Waals surface area contributed by atoms with E-state index in [1.807, 2.05) is 0 Å². The molecular weight excluding hydrogens is 170 g/mol. The number of hydrogen-bond acceptors (Lipinski definition) is 3. The fraction of sp³-hybridized carbons (Fsp3) is 0.125. The van der Waals surface area contributed by atoms with Crippen LogP contribution in [0, 0.1) is 0 Å². The molecule has 0 fully saturated rings. The molecule has 5 heteroatoms. The van der Waals surface area contributed by atoms with Crippen LogP contribution >= 0.6 is 0 Å². The second kappa shape index (κ2) is 3.66. The summed E-state index contributed by atoms with van der Waals surface area (Å²) in [5, 5.41) is 0. The SMILES string of the molecule is NC(=O)C1=CC(C(N)=O)=NCC=C1. The van der Waals surface area contributed by atoms with Gasteiger partial charge in [0.1, 0.15) is 5.71 Å². The topological polar surface area (TPSA) is 98.5 Å². The minimum absolute atomic E-state index is 0.0683. The molecule has 0 bridgehead atoms. The van der Waals surface area contributed by atoms with Crippen LogP contribution in [0.25, 0.3) is 0 Å². The minimum Gasteiger partial charge on any atom is -0.366 e. The van der Waals surface area contributed by atoms with Crippen LogP contribution in [-0.4, -0.2) is 24.1 Å². The summed E-state index contributed by atoms with van der Waals surface area (Å²) in [5.74, 6) is -1.27. The minimum atomic E-state index is -0.664. The summed E-state index contributed by atoms with van der Waals surface area (Å²) in [5.41, 5.74) is 10.3. The molecule has 0 unspecified atom stereocenters. The van der Waals surface area contributed by atoms with Crippen LogP contribution < -0.4 is 11.5 Å². The number of primary amides is 2. The average Bonchev–Trinajstić information content (AvgIpc) is 2.28. The summed E-state index contributed by atoms with van der Waals surface area (Å²) >= 11 is 0. The van der Waals surface area contributed by atoms with E-state index < -0.39 is 11.8 Å². The fourth-order valence-electron chi connectivity index (χ4n) is 0.874. The molecular formula is C8H9N3O2. The molecule has 2 amide bonds. The first-order valence-corrected chi connectivity index (χ1v) is 3.63. The quantitative estimate of drug-likeness (QED) is 0.562. The molecule has 1 rings (SSSR count). The molecule has 13 heavy (non-hydrogen) atoms. The van der Waals surface area contributed by atoms with Crippen molar-refractivity contribution in [1.29, 1.82) is 0 Å². The van der Waals surface area contributed by atoms with E-state index >= 15 is 0 Å². The van der Waals surface area contributed by atoms with Crippen LogP contribution in [0.3, 0.4) is 0 Å². The molecule has 0 aromatic carbocycles. The smallest absolute Gasteiger partial charge is 0.266 e. The van der Waals surface area contributed by atoms with Crippen LogP contribution in [0.5, 0.6) is 0 Å². The van der Waals surface area contributed by atoms with Crippen LogP contribution in [0.15, 0.2) is 28.8 Å². The van der Waals surface area contributed by atoms with E-state index in [4.69, 9.17) is 11.5 Å². The Morgan fingerprint density at radius 1 is 1.31 bits per heavy atom. The Kier molecular flexibility index (Phi) is 2.59. The molecule has 0 radical (unpaired) electrons. The van der Waals surface area contributed by atoms with Crippen LogP contribution in [0.4, 0.5) is 0 Å². The van der Waals surface area contributed by atoms with Gasteiger partial charge in [-0.3, -0.25) is 14.6 Å². The molecule has 0 aliphatic carbocycles. The molecule has 1 aliphatic rings. The van der Waals surface area contributed by atoms with Gasteiger partial charge < -0.3 is 11.5 Å². The van der Waals surface area contributed by atoms with E-state index in [2.05, 4.69) is 4.99 Å².